The molecule has 0 aliphatic carbocycles. The van der Waals surface area contributed by atoms with Crippen molar-refractivity contribution in [2.75, 3.05) is 6.54 Å². The van der Waals surface area contributed by atoms with Gasteiger partial charge in [0.25, 0.3) is 0 Å². The molecule has 0 aliphatic rings. The van der Waals surface area contributed by atoms with E-state index in [2.05, 4.69) is 5.32 Å². The van der Waals surface area contributed by atoms with Crippen LogP contribution in [0.2, 0.25) is 0 Å². The fourth-order valence-corrected chi connectivity index (χ4v) is 0.772. The SMILES string of the molecule is CCC(C)(C)OC(=O)CCNC(C)=O. The number of ether oxygens (including phenoxy) is 1. The van der Waals surface area contributed by atoms with E-state index >= 15 is 0 Å². The predicted octanol–water partition coefficient (Wildman–Crippen LogP) is 1.24. The van der Waals surface area contributed by atoms with Crippen molar-refractivity contribution in [1.82, 2.24) is 5.32 Å². The van der Waals surface area contributed by atoms with E-state index in [4.69, 9.17) is 4.74 Å². The van der Waals surface area contributed by atoms with Crippen molar-refractivity contribution in [1.29, 1.82) is 0 Å². The van der Waals surface area contributed by atoms with E-state index in [0.717, 1.165) is 6.42 Å². The summed E-state index contributed by atoms with van der Waals surface area (Å²) in [4.78, 5) is 21.7. The molecule has 0 spiro atoms. The van der Waals surface area contributed by atoms with Gasteiger partial charge in [0.1, 0.15) is 5.60 Å². The number of nitrogens with one attached hydrogen (secondary N) is 1. The van der Waals surface area contributed by atoms with Gasteiger partial charge in [-0.15, -0.1) is 0 Å². The molecule has 0 aromatic carbocycles. The van der Waals surface area contributed by atoms with E-state index in [1.54, 1.807) is 0 Å². The molecule has 1 amide bonds. The second-order valence-electron chi connectivity index (χ2n) is 3.82. The van der Waals surface area contributed by atoms with Crippen LogP contribution in [0.15, 0.2) is 0 Å². The minimum Gasteiger partial charge on any atom is -0.460 e. The Morgan fingerprint density at radius 2 is 1.93 bits per heavy atom. The maximum atomic E-state index is 11.2. The summed E-state index contributed by atoms with van der Waals surface area (Å²) in [5, 5.41) is 2.54. The number of hydrogen-bond donors (Lipinski definition) is 1. The standard InChI is InChI=1S/C10H19NO3/c1-5-10(3,4)14-9(13)6-7-11-8(2)12/h5-7H2,1-4H3,(H,11,12). The van der Waals surface area contributed by atoms with Crippen LogP contribution in [-0.4, -0.2) is 24.0 Å². The van der Waals surface area contributed by atoms with Gasteiger partial charge in [0.05, 0.1) is 6.42 Å². The molecule has 0 saturated heterocycles. The zero-order valence-corrected chi connectivity index (χ0v) is 9.35. The van der Waals surface area contributed by atoms with E-state index < -0.39 is 5.60 Å². The van der Waals surface area contributed by atoms with E-state index in [1.807, 2.05) is 20.8 Å². The van der Waals surface area contributed by atoms with Gasteiger partial charge in [-0.2, -0.15) is 0 Å². The molecule has 0 heterocycles. The van der Waals surface area contributed by atoms with Crippen LogP contribution >= 0.6 is 0 Å². The maximum Gasteiger partial charge on any atom is 0.308 e. The molecule has 0 atom stereocenters. The highest BCUT2D eigenvalue weighted by atomic mass is 16.6. The third kappa shape index (κ3) is 6.46. The molecule has 4 nitrogen and oxygen atoms in total. The Morgan fingerprint density at radius 3 is 2.36 bits per heavy atom. The summed E-state index contributed by atoms with van der Waals surface area (Å²) in [5.74, 6) is -0.404. The number of carbonyl (C=O) groups excluding carboxylic acids is 2. The smallest absolute Gasteiger partial charge is 0.308 e. The van der Waals surface area contributed by atoms with Gasteiger partial charge in [0.2, 0.25) is 5.91 Å². The molecule has 0 aliphatic heterocycles. The number of carbonyl (C=O) groups is 2. The Hall–Kier alpha value is -1.06. The molecule has 0 rings (SSSR count). The average molecular weight is 201 g/mol. The monoisotopic (exact) mass is 201 g/mol. The molecular weight excluding hydrogens is 182 g/mol. The van der Waals surface area contributed by atoms with Crippen LogP contribution in [-0.2, 0) is 14.3 Å². The fourth-order valence-electron chi connectivity index (χ4n) is 0.772. The molecule has 0 unspecified atom stereocenters. The lowest BCUT2D eigenvalue weighted by Gasteiger charge is -2.23. The normalized spacial score (nSPS) is 10.9. The molecule has 14 heavy (non-hydrogen) atoms. The lowest BCUT2D eigenvalue weighted by Crippen LogP contribution is -2.30. The molecular formula is C10H19NO3. The first-order valence-corrected chi connectivity index (χ1v) is 4.83. The molecule has 0 aromatic heterocycles. The number of esters is 1. The fraction of sp³-hybridized carbons (Fsp3) is 0.800. The van der Waals surface area contributed by atoms with Crippen molar-refractivity contribution in [2.24, 2.45) is 0 Å². The van der Waals surface area contributed by atoms with Crippen molar-refractivity contribution in [3.8, 4) is 0 Å². The summed E-state index contributed by atoms with van der Waals surface area (Å²) in [6, 6.07) is 0. The van der Waals surface area contributed by atoms with Crippen molar-refractivity contribution in [3.05, 3.63) is 0 Å². The number of rotatable bonds is 5. The van der Waals surface area contributed by atoms with E-state index in [9.17, 15) is 9.59 Å². The highest BCUT2D eigenvalue weighted by Gasteiger charge is 2.19. The second-order valence-corrected chi connectivity index (χ2v) is 3.82. The number of amides is 1. The van der Waals surface area contributed by atoms with Crippen LogP contribution in [0.1, 0.15) is 40.5 Å². The maximum absolute atomic E-state index is 11.2. The molecule has 0 radical (unpaired) electrons. The first kappa shape index (κ1) is 12.9. The second kappa shape index (κ2) is 5.62. The predicted molar refractivity (Wildman–Crippen MR) is 53.8 cm³/mol. The highest BCUT2D eigenvalue weighted by Crippen LogP contribution is 2.13. The summed E-state index contributed by atoms with van der Waals surface area (Å²) < 4.78 is 5.18. The van der Waals surface area contributed by atoms with Crippen LogP contribution in [0.3, 0.4) is 0 Å². The van der Waals surface area contributed by atoms with E-state index in [-0.39, 0.29) is 18.3 Å². The average Bonchev–Trinajstić information content (AvgIpc) is 2.02. The summed E-state index contributed by atoms with van der Waals surface area (Å²) >= 11 is 0. The Morgan fingerprint density at radius 1 is 1.36 bits per heavy atom. The third-order valence-corrected chi connectivity index (χ3v) is 1.94. The van der Waals surface area contributed by atoms with Crippen LogP contribution in [0.4, 0.5) is 0 Å². The Labute approximate surface area is 85.0 Å². The van der Waals surface area contributed by atoms with Gasteiger partial charge in [-0.1, -0.05) is 6.92 Å². The first-order valence-electron chi connectivity index (χ1n) is 4.83. The van der Waals surface area contributed by atoms with Gasteiger partial charge in [-0.3, -0.25) is 9.59 Å². The molecule has 4 heteroatoms. The summed E-state index contributed by atoms with van der Waals surface area (Å²) in [6.45, 7) is 7.45. The topological polar surface area (TPSA) is 55.4 Å². The van der Waals surface area contributed by atoms with Gasteiger partial charge in [0.15, 0.2) is 0 Å². The number of hydrogen-bond acceptors (Lipinski definition) is 3. The molecule has 1 N–H and O–H groups in total. The summed E-state index contributed by atoms with van der Waals surface area (Å²) in [6.07, 6.45) is 1.00. The van der Waals surface area contributed by atoms with Crippen LogP contribution in [0.5, 0.6) is 0 Å². The Balaban J connectivity index is 3.71. The molecule has 0 fully saturated rings. The van der Waals surface area contributed by atoms with Gasteiger partial charge < -0.3 is 10.1 Å². The Bertz CT molecular complexity index is 211. The van der Waals surface area contributed by atoms with Crippen LogP contribution < -0.4 is 5.32 Å². The van der Waals surface area contributed by atoms with Gasteiger partial charge >= 0.3 is 5.97 Å². The minimum atomic E-state index is -0.409. The lowest BCUT2D eigenvalue weighted by atomic mass is 10.1. The van der Waals surface area contributed by atoms with E-state index in [1.165, 1.54) is 6.92 Å². The van der Waals surface area contributed by atoms with Crippen molar-refractivity contribution >= 4 is 11.9 Å². The van der Waals surface area contributed by atoms with Gasteiger partial charge in [-0.25, -0.2) is 0 Å². The molecule has 0 saturated carbocycles. The largest absolute Gasteiger partial charge is 0.460 e. The zero-order valence-electron chi connectivity index (χ0n) is 9.35. The molecule has 82 valence electrons. The van der Waals surface area contributed by atoms with E-state index in [0.29, 0.717) is 6.54 Å². The first-order chi connectivity index (χ1) is 6.37. The van der Waals surface area contributed by atoms with Crippen molar-refractivity contribution < 1.29 is 14.3 Å². The molecule has 0 aromatic rings. The Kier molecular flexibility index (Phi) is 5.20. The summed E-state index contributed by atoms with van der Waals surface area (Å²) in [5.41, 5.74) is -0.409. The quantitative estimate of drug-likeness (QED) is 0.681. The highest BCUT2D eigenvalue weighted by molar-refractivity contribution is 5.74. The third-order valence-electron chi connectivity index (χ3n) is 1.94. The zero-order chi connectivity index (χ0) is 11.2. The van der Waals surface area contributed by atoms with Gasteiger partial charge in [-0.05, 0) is 20.3 Å². The molecule has 0 bridgehead atoms. The van der Waals surface area contributed by atoms with Crippen LogP contribution in [0, 0.1) is 0 Å². The van der Waals surface area contributed by atoms with Crippen molar-refractivity contribution in [2.45, 2.75) is 46.1 Å². The summed E-state index contributed by atoms with van der Waals surface area (Å²) in [7, 11) is 0. The van der Waals surface area contributed by atoms with Crippen LogP contribution in [0.25, 0.3) is 0 Å². The van der Waals surface area contributed by atoms with Crippen molar-refractivity contribution in [3.63, 3.8) is 0 Å². The van der Waals surface area contributed by atoms with Gasteiger partial charge in [0, 0.05) is 13.5 Å². The lowest BCUT2D eigenvalue weighted by molar-refractivity contribution is -0.156. The minimum absolute atomic E-state index is 0.132.